The quantitative estimate of drug-likeness (QED) is 0.702. The maximum atomic E-state index is 13.4. The molecule has 26 heavy (non-hydrogen) atoms. The average Bonchev–Trinajstić information content (AvgIpc) is 3.25. The second-order valence-electron chi connectivity index (χ2n) is 7.11. The van der Waals surface area contributed by atoms with E-state index < -0.39 is 0 Å². The molecule has 0 spiro atoms. The summed E-state index contributed by atoms with van der Waals surface area (Å²) < 4.78 is 4.86. The van der Waals surface area contributed by atoms with Crippen LogP contribution in [-0.4, -0.2) is 32.6 Å². The molecule has 1 fully saturated rings. The van der Waals surface area contributed by atoms with Gasteiger partial charge in [0.05, 0.1) is 17.1 Å². The van der Waals surface area contributed by atoms with E-state index in [-0.39, 0.29) is 11.9 Å². The van der Waals surface area contributed by atoms with Gasteiger partial charge in [0.25, 0.3) is 5.91 Å². The molecule has 0 unspecified atom stereocenters. The molecule has 0 aliphatic carbocycles. The summed E-state index contributed by atoms with van der Waals surface area (Å²) >= 11 is 0. The van der Waals surface area contributed by atoms with Crippen LogP contribution in [0.3, 0.4) is 0 Å². The fourth-order valence-electron chi connectivity index (χ4n) is 3.82. The fourth-order valence-corrected chi connectivity index (χ4v) is 3.82. The van der Waals surface area contributed by atoms with Gasteiger partial charge in [-0.2, -0.15) is 0 Å². The Labute approximate surface area is 152 Å². The number of nitrogens with zero attached hydrogens (tertiary/aromatic N) is 4. The summed E-state index contributed by atoms with van der Waals surface area (Å²) in [5, 5.41) is 8.82. The van der Waals surface area contributed by atoms with Gasteiger partial charge < -0.3 is 4.90 Å². The summed E-state index contributed by atoms with van der Waals surface area (Å²) in [5.41, 5.74) is 6.27. The molecule has 1 aromatic carbocycles. The molecule has 0 saturated carbocycles. The predicted molar refractivity (Wildman–Crippen MR) is 98.0 cm³/mol. The molecule has 2 aromatic heterocycles. The van der Waals surface area contributed by atoms with Crippen molar-refractivity contribution < 1.29 is 9.42 Å². The summed E-state index contributed by atoms with van der Waals surface area (Å²) in [7, 11) is 0. The van der Waals surface area contributed by atoms with Crippen molar-refractivity contribution in [3.8, 4) is 0 Å². The smallest absolute Gasteiger partial charge is 0.255 e. The summed E-state index contributed by atoms with van der Waals surface area (Å²) in [4.78, 5) is 20.0. The third-order valence-electron chi connectivity index (χ3n) is 5.38. The van der Waals surface area contributed by atoms with Crippen molar-refractivity contribution >= 4 is 16.8 Å². The van der Waals surface area contributed by atoms with Crippen LogP contribution in [-0.2, 0) is 0 Å². The zero-order valence-electron chi connectivity index (χ0n) is 15.5. The molecule has 0 radical (unpaired) electrons. The third-order valence-corrected chi connectivity index (χ3v) is 5.38. The number of likely N-dealkylation sites (tertiary alicyclic amines) is 1. The highest BCUT2D eigenvalue weighted by Gasteiger charge is 2.34. The number of carbonyl (C=O) groups is 1. The van der Waals surface area contributed by atoms with Gasteiger partial charge in [-0.25, -0.2) is 4.63 Å². The molecule has 0 N–H and O–H groups in total. The lowest BCUT2D eigenvalue weighted by Gasteiger charge is -2.24. The molecule has 4 rings (SSSR count). The summed E-state index contributed by atoms with van der Waals surface area (Å²) in [5.74, 6) is 0.0219. The number of rotatable bonds is 2. The fraction of sp³-hybridized carbons (Fsp3) is 0.400. The first kappa shape index (κ1) is 16.7. The minimum atomic E-state index is -0.0798. The maximum absolute atomic E-state index is 13.4. The van der Waals surface area contributed by atoms with Crippen LogP contribution in [0, 0.1) is 27.7 Å². The third kappa shape index (κ3) is 2.57. The van der Waals surface area contributed by atoms with Gasteiger partial charge in [-0.15, -0.1) is 0 Å². The van der Waals surface area contributed by atoms with Crippen LogP contribution in [0.25, 0.3) is 10.9 Å². The van der Waals surface area contributed by atoms with E-state index in [1.54, 1.807) is 0 Å². The lowest BCUT2D eigenvalue weighted by Crippen LogP contribution is -2.31. The van der Waals surface area contributed by atoms with E-state index in [9.17, 15) is 4.79 Å². The van der Waals surface area contributed by atoms with Crippen molar-refractivity contribution in [3.05, 3.63) is 52.0 Å². The molecule has 1 atom stereocenters. The first-order valence-electron chi connectivity index (χ1n) is 8.95. The van der Waals surface area contributed by atoms with Crippen LogP contribution in [0.1, 0.15) is 57.5 Å². The van der Waals surface area contributed by atoms with Crippen LogP contribution in [0.4, 0.5) is 0 Å². The van der Waals surface area contributed by atoms with Gasteiger partial charge >= 0.3 is 0 Å². The predicted octanol–water partition coefficient (Wildman–Crippen LogP) is 3.83. The van der Waals surface area contributed by atoms with E-state index in [0.717, 1.165) is 46.4 Å². The molecule has 1 aliphatic rings. The Hall–Kier alpha value is -2.76. The number of aromatic nitrogens is 3. The topological polar surface area (TPSA) is 72.1 Å². The summed E-state index contributed by atoms with van der Waals surface area (Å²) in [6.45, 7) is 8.64. The first-order chi connectivity index (χ1) is 12.5. The molecular weight excluding hydrogens is 328 g/mol. The Kier molecular flexibility index (Phi) is 3.98. The van der Waals surface area contributed by atoms with Crippen molar-refractivity contribution in [2.24, 2.45) is 0 Å². The molecule has 6 heteroatoms. The van der Waals surface area contributed by atoms with E-state index in [1.807, 2.05) is 30.9 Å². The number of pyridine rings is 1. The van der Waals surface area contributed by atoms with Crippen LogP contribution in [0.5, 0.6) is 0 Å². The van der Waals surface area contributed by atoms with E-state index >= 15 is 0 Å². The van der Waals surface area contributed by atoms with Crippen molar-refractivity contribution in [2.75, 3.05) is 6.54 Å². The van der Waals surface area contributed by atoms with Gasteiger partial charge in [0.15, 0.2) is 0 Å². The molecule has 3 heterocycles. The molecule has 0 bridgehead atoms. The highest BCUT2D eigenvalue weighted by molar-refractivity contribution is 6.07. The van der Waals surface area contributed by atoms with Crippen molar-refractivity contribution in [3.63, 3.8) is 0 Å². The van der Waals surface area contributed by atoms with Crippen molar-refractivity contribution in [1.82, 2.24) is 20.2 Å². The standard InChI is InChI=1S/C20H22N4O2/c1-11-7-8-15-16(10-12(2)21-18(15)13(11)3)20(25)24-9-5-6-17(24)19-14(4)22-26-23-19/h7-8,10,17H,5-6,9H2,1-4H3/t17-/m1/s1. The molecule has 1 amide bonds. The minimum Gasteiger partial charge on any atom is -0.330 e. The number of hydrogen-bond acceptors (Lipinski definition) is 5. The van der Waals surface area contributed by atoms with Crippen molar-refractivity contribution in [2.45, 2.75) is 46.6 Å². The van der Waals surface area contributed by atoms with Gasteiger partial charge in [0.2, 0.25) is 0 Å². The maximum Gasteiger partial charge on any atom is 0.255 e. The Morgan fingerprint density at radius 2 is 2.00 bits per heavy atom. The average molecular weight is 350 g/mol. The molecule has 134 valence electrons. The number of carbonyl (C=O) groups excluding carboxylic acids is 1. The SMILES string of the molecule is Cc1cc(C(=O)N2CCC[C@@H]2c2nonc2C)c2ccc(C)c(C)c2n1. The Morgan fingerprint density at radius 3 is 2.73 bits per heavy atom. The number of hydrogen-bond donors (Lipinski definition) is 0. The number of benzene rings is 1. The van der Waals surface area contributed by atoms with Crippen LogP contribution < -0.4 is 0 Å². The van der Waals surface area contributed by atoms with Crippen LogP contribution in [0.15, 0.2) is 22.8 Å². The minimum absolute atomic E-state index is 0.0219. The number of amides is 1. The summed E-state index contributed by atoms with van der Waals surface area (Å²) in [6.07, 6.45) is 1.82. The van der Waals surface area contributed by atoms with Gasteiger partial charge in [0.1, 0.15) is 11.4 Å². The molecule has 3 aromatic rings. The Balaban J connectivity index is 1.81. The first-order valence-corrected chi connectivity index (χ1v) is 8.95. The lowest BCUT2D eigenvalue weighted by molar-refractivity contribution is 0.0732. The highest BCUT2D eigenvalue weighted by atomic mass is 16.6. The van der Waals surface area contributed by atoms with Crippen molar-refractivity contribution in [1.29, 1.82) is 0 Å². The highest BCUT2D eigenvalue weighted by Crippen LogP contribution is 2.35. The van der Waals surface area contributed by atoms with Gasteiger partial charge in [-0.1, -0.05) is 22.4 Å². The van der Waals surface area contributed by atoms with Gasteiger partial charge in [-0.3, -0.25) is 9.78 Å². The van der Waals surface area contributed by atoms with E-state index in [0.29, 0.717) is 12.1 Å². The second kappa shape index (κ2) is 6.20. The number of aryl methyl sites for hydroxylation is 4. The zero-order chi connectivity index (χ0) is 18.4. The van der Waals surface area contributed by atoms with Gasteiger partial charge in [0, 0.05) is 17.6 Å². The normalized spacial score (nSPS) is 17.2. The molecular formula is C20H22N4O2. The molecule has 1 saturated heterocycles. The zero-order valence-corrected chi connectivity index (χ0v) is 15.5. The molecule has 6 nitrogen and oxygen atoms in total. The monoisotopic (exact) mass is 350 g/mol. The second-order valence-corrected chi connectivity index (χ2v) is 7.11. The summed E-state index contributed by atoms with van der Waals surface area (Å²) in [6, 6.07) is 5.87. The Bertz CT molecular complexity index is 1010. The number of fused-ring (bicyclic) bond motifs is 1. The Morgan fingerprint density at radius 1 is 1.19 bits per heavy atom. The van der Waals surface area contributed by atoms with E-state index in [2.05, 4.69) is 35.2 Å². The van der Waals surface area contributed by atoms with Gasteiger partial charge in [-0.05, 0) is 57.7 Å². The largest absolute Gasteiger partial charge is 0.330 e. The van der Waals surface area contributed by atoms with E-state index in [4.69, 9.17) is 4.63 Å². The van der Waals surface area contributed by atoms with Crippen LogP contribution >= 0.6 is 0 Å². The molecule has 1 aliphatic heterocycles. The lowest BCUT2D eigenvalue weighted by atomic mass is 10.00. The van der Waals surface area contributed by atoms with E-state index in [1.165, 1.54) is 5.56 Å². The van der Waals surface area contributed by atoms with Crippen LogP contribution in [0.2, 0.25) is 0 Å².